The number of aryl methyl sites for hydroxylation is 1. The lowest BCUT2D eigenvalue weighted by Crippen LogP contribution is -2.37. The molecule has 0 bridgehead atoms. The Morgan fingerprint density at radius 2 is 1.94 bits per heavy atom. The van der Waals surface area contributed by atoms with Crippen molar-refractivity contribution in [3.63, 3.8) is 0 Å². The molecule has 0 aliphatic carbocycles. The molecule has 86 valence electrons. The minimum absolute atomic E-state index is 0.157. The molecular formula is C9H12N4O2S. The molecule has 16 heavy (non-hydrogen) atoms. The van der Waals surface area contributed by atoms with Crippen LogP contribution in [0, 0.1) is 6.92 Å². The molecule has 0 saturated heterocycles. The molecule has 0 saturated carbocycles. The first-order valence-corrected chi connectivity index (χ1v) is 6.35. The molecular weight excluding hydrogens is 228 g/mol. The predicted molar refractivity (Wildman–Crippen MR) is 60.1 cm³/mol. The average Bonchev–Trinajstić information content (AvgIpc) is 2.70. The Bertz CT molecular complexity index is 507. The summed E-state index contributed by atoms with van der Waals surface area (Å²) in [6.07, 6.45) is 0. The summed E-state index contributed by atoms with van der Waals surface area (Å²) in [4.78, 5) is 0.300. The van der Waals surface area contributed by atoms with Crippen molar-refractivity contribution in [3.05, 3.63) is 29.8 Å². The zero-order valence-electron chi connectivity index (χ0n) is 8.69. The first-order chi connectivity index (χ1) is 7.58. The Kier molecular flexibility index (Phi) is 2.80. The van der Waals surface area contributed by atoms with Crippen molar-refractivity contribution in [1.82, 2.24) is 16.5 Å². The molecule has 0 fully saturated rings. The highest BCUT2D eigenvalue weighted by Gasteiger charge is 2.19. The zero-order valence-corrected chi connectivity index (χ0v) is 9.50. The van der Waals surface area contributed by atoms with Gasteiger partial charge in [-0.2, -0.15) is 0 Å². The first kappa shape index (κ1) is 10.9. The quantitative estimate of drug-likeness (QED) is 0.675. The van der Waals surface area contributed by atoms with E-state index >= 15 is 0 Å². The molecule has 1 aromatic rings. The number of rotatable bonds is 3. The van der Waals surface area contributed by atoms with Gasteiger partial charge in [0, 0.05) is 0 Å². The van der Waals surface area contributed by atoms with Gasteiger partial charge in [-0.25, -0.2) is 14.0 Å². The maximum absolute atomic E-state index is 11.9. The van der Waals surface area contributed by atoms with Crippen molar-refractivity contribution >= 4 is 15.7 Å². The number of nitrogens with one attached hydrogen (secondary N) is 3. The molecule has 0 unspecified atom stereocenters. The van der Waals surface area contributed by atoms with Crippen LogP contribution in [0.3, 0.4) is 0 Å². The van der Waals surface area contributed by atoms with Crippen molar-refractivity contribution < 1.29 is 8.42 Å². The van der Waals surface area contributed by atoms with Crippen LogP contribution in [-0.4, -0.2) is 20.0 Å². The zero-order chi connectivity index (χ0) is 11.6. The predicted octanol–water partition coefficient (Wildman–Crippen LogP) is -0.305. The lowest BCUT2D eigenvalue weighted by Gasteiger charge is -2.04. The minimum Gasteiger partial charge on any atom is -0.288 e. The third kappa shape index (κ3) is 2.31. The molecule has 7 heteroatoms. The van der Waals surface area contributed by atoms with Crippen molar-refractivity contribution in [2.75, 3.05) is 5.75 Å². The van der Waals surface area contributed by atoms with E-state index in [9.17, 15) is 8.42 Å². The highest BCUT2D eigenvalue weighted by Crippen LogP contribution is 2.12. The van der Waals surface area contributed by atoms with Gasteiger partial charge >= 0.3 is 0 Å². The van der Waals surface area contributed by atoms with E-state index in [2.05, 4.69) is 21.6 Å². The largest absolute Gasteiger partial charge is 0.288 e. The minimum atomic E-state index is -3.33. The van der Waals surface area contributed by atoms with E-state index in [1.807, 2.05) is 6.92 Å². The van der Waals surface area contributed by atoms with Crippen molar-refractivity contribution in [2.24, 2.45) is 5.10 Å². The highest BCUT2D eigenvalue weighted by molar-refractivity contribution is 7.92. The number of nitrogens with zero attached hydrogens (tertiary/aromatic N) is 1. The first-order valence-electron chi connectivity index (χ1n) is 4.70. The van der Waals surface area contributed by atoms with E-state index in [0.29, 0.717) is 10.7 Å². The van der Waals surface area contributed by atoms with Crippen LogP contribution in [-0.2, 0) is 9.84 Å². The lowest BCUT2D eigenvalue weighted by atomic mass is 10.2. The fourth-order valence-corrected chi connectivity index (χ4v) is 2.51. The standard InChI is InChI=1S/C9H12N4O2S/c1-7-2-4-8(5-3-7)16(14,15)6-9-10-12-13-11-9/h2-5,12-13H,6H2,1H3,(H,10,11). The van der Waals surface area contributed by atoms with Crippen LogP contribution < -0.4 is 16.5 Å². The Morgan fingerprint density at radius 1 is 1.25 bits per heavy atom. The average molecular weight is 240 g/mol. The van der Waals surface area contributed by atoms with E-state index in [0.717, 1.165) is 5.56 Å². The molecule has 1 aromatic carbocycles. The van der Waals surface area contributed by atoms with Gasteiger partial charge in [-0.1, -0.05) is 17.7 Å². The van der Waals surface area contributed by atoms with Gasteiger partial charge in [0.2, 0.25) is 0 Å². The fraction of sp³-hybridized carbons (Fsp3) is 0.222. The fourth-order valence-electron chi connectivity index (χ4n) is 1.30. The van der Waals surface area contributed by atoms with Crippen LogP contribution >= 0.6 is 0 Å². The van der Waals surface area contributed by atoms with Gasteiger partial charge in [0.05, 0.1) is 4.90 Å². The number of hydrazone groups is 1. The second kappa shape index (κ2) is 4.11. The summed E-state index contributed by atoms with van der Waals surface area (Å²) in [6.45, 7) is 1.91. The monoisotopic (exact) mass is 240 g/mol. The number of benzene rings is 1. The van der Waals surface area contributed by atoms with E-state index in [1.165, 1.54) is 0 Å². The molecule has 6 nitrogen and oxygen atoms in total. The van der Waals surface area contributed by atoms with Gasteiger partial charge in [0.1, 0.15) is 5.75 Å². The summed E-state index contributed by atoms with van der Waals surface area (Å²) >= 11 is 0. The van der Waals surface area contributed by atoms with Gasteiger partial charge < -0.3 is 0 Å². The number of hydrazine groups is 2. The Balaban J connectivity index is 2.21. The topological polar surface area (TPSA) is 82.6 Å². The second-order valence-corrected chi connectivity index (χ2v) is 5.48. The highest BCUT2D eigenvalue weighted by atomic mass is 32.2. The van der Waals surface area contributed by atoms with E-state index in [1.54, 1.807) is 24.3 Å². The second-order valence-electron chi connectivity index (χ2n) is 3.49. The molecule has 0 amide bonds. The molecule has 2 rings (SSSR count). The Labute approximate surface area is 93.6 Å². The van der Waals surface area contributed by atoms with Crippen LogP contribution in [0.2, 0.25) is 0 Å². The molecule has 1 heterocycles. The van der Waals surface area contributed by atoms with Crippen LogP contribution in [0.15, 0.2) is 34.3 Å². The molecule has 0 atom stereocenters. The molecule has 1 aliphatic rings. The maximum atomic E-state index is 11.9. The number of hydrogen-bond donors (Lipinski definition) is 3. The van der Waals surface area contributed by atoms with Crippen LogP contribution in [0.1, 0.15) is 5.56 Å². The third-order valence-corrected chi connectivity index (χ3v) is 3.80. The van der Waals surface area contributed by atoms with E-state index < -0.39 is 9.84 Å². The molecule has 3 N–H and O–H groups in total. The number of amidine groups is 1. The summed E-state index contributed by atoms with van der Waals surface area (Å²) in [6, 6.07) is 6.74. The van der Waals surface area contributed by atoms with Crippen molar-refractivity contribution in [1.29, 1.82) is 0 Å². The normalized spacial score (nSPS) is 15.2. The molecule has 0 radical (unpaired) electrons. The van der Waals surface area contributed by atoms with Gasteiger partial charge in [-0.3, -0.25) is 5.43 Å². The maximum Gasteiger partial charge on any atom is 0.185 e. The summed E-state index contributed by atoms with van der Waals surface area (Å²) in [5, 5.41) is 3.73. The van der Waals surface area contributed by atoms with Gasteiger partial charge in [-0.05, 0) is 19.1 Å². The van der Waals surface area contributed by atoms with E-state index in [4.69, 9.17) is 0 Å². The number of sulfone groups is 1. The van der Waals surface area contributed by atoms with Crippen LogP contribution in [0.25, 0.3) is 0 Å². The SMILES string of the molecule is Cc1ccc(S(=O)(=O)CC2=NNNN2)cc1. The van der Waals surface area contributed by atoms with Crippen molar-refractivity contribution in [2.45, 2.75) is 11.8 Å². The van der Waals surface area contributed by atoms with Gasteiger partial charge in [-0.15, -0.1) is 10.6 Å². The van der Waals surface area contributed by atoms with Crippen LogP contribution in [0.4, 0.5) is 0 Å². The van der Waals surface area contributed by atoms with Crippen molar-refractivity contribution in [3.8, 4) is 0 Å². The smallest absolute Gasteiger partial charge is 0.185 e. The summed E-state index contributed by atoms with van der Waals surface area (Å²) in [5.74, 6) is 0.191. The number of hydrogen-bond acceptors (Lipinski definition) is 6. The summed E-state index contributed by atoms with van der Waals surface area (Å²) in [5.41, 5.74) is 8.54. The van der Waals surface area contributed by atoms with E-state index in [-0.39, 0.29) is 5.75 Å². The Hall–Kier alpha value is -1.60. The Morgan fingerprint density at radius 3 is 2.50 bits per heavy atom. The lowest BCUT2D eigenvalue weighted by molar-refractivity contribution is 0.576. The summed E-state index contributed by atoms with van der Waals surface area (Å²) in [7, 11) is -3.33. The molecule has 0 spiro atoms. The summed E-state index contributed by atoms with van der Waals surface area (Å²) < 4.78 is 23.8. The third-order valence-electron chi connectivity index (χ3n) is 2.16. The molecule has 1 aliphatic heterocycles. The molecule has 0 aromatic heterocycles. The van der Waals surface area contributed by atoms with Gasteiger partial charge in [0.25, 0.3) is 0 Å². The van der Waals surface area contributed by atoms with Gasteiger partial charge in [0.15, 0.2) is 15.7 Å². The van der Waals surface area contributed by atoms with Crippen LogP contribution in [0.5, 0.6) is 0 Å².